The largest absolute Gasteiger partial charge is 0.356 e. The van der Waals surface area contributed by atoms with Gasteiger partial charge in [0.05, 0.1) is 18.3 Å². The van der Waals surface area contributed by atoms with Crippen LogP contribution >= 0.6 is 0 Å². The fourth-order valence-corrected chi connectivity index (χ4v) is 1.99. The van der Waals surface area contributed by atoms with Gasteiger partial charge in [0, 0.05) is 18.4 Å². The fraction of sp³-hybridized carbons (Fsp3) is 0.429. The van der Waals surface area contributed by atoms with Crippen LogP contribution in [0.3, 0.4) is 0 Å². The minimum atomic E-state index is 0.0909. The summed E-state index contributed by atoms with van der Waals surface area (Å²) in [5, 5.41) is 8.38. The first-order valence-electron chi connectivity index (χ1n) is 6.40. The molecule has 0 bridgehead atoms. The first-order valence-corrected chi connectivity index (χ1v) is 6.40. The summed E-state index contributed by atoms with van der Waals surface area (Å²) in [6, 6.07) is 6.13. The number of nitrogens with zero attached hydrogens (tertiary/aromatic N) is 2. The lowest BCUT2D eigenvalue weighted by Crippen LogP contribution is -2.25. The highest BCUT2D eigenvalue weighted by atomic mass is 16.1. The summed E-state index contributed by atoms with van der Waals surface area (Å²) in [7, 11) is 0. The van der Waals surface area contributed by atoms with E-state index in [1.54, 1.807) is 0 Å². The van der Waals surface area contributed by atoms with Crippen LogP contribution in [0, 0.1) is 6.92 Å². The van der Waals surface area contributed by atoms with Gasteiger partial charge in [-0.15, -0.1) is 0 Å². The number of aryl methyl sites for hydroxylation is 2. The molecule has 1 heterocycles. The van der Waals surface area contributed by atoms with Crippen molar-refractivity contribution in [2.75, 3.05) is 6.54 Å². The molecule has 1 aromatic heterocycles. The van der Waals surface area contributed by atoms with E-state index in [1.165, 1.54) is 5.56 Å². The predicted octanol–water partition coefficient (Wildman–Crippen LogP) is 2.26. The number of carbonyl (C=O) groups is 1. The maximum Gasteiger partial charge on any atom is 0.221 e. The third kappa shape index (κ3) is 2.70. The van der Waals surface area contributed by atoms with Gasteiger partial charge >= 0.3 is 0 Å². The van der Waals surface area contributed by atoms with E-state index < -0.39 is 0 Å². The second kappa shape index (κ2) is 5.67. The third-order valence-corrected chi connectivity index (χ3v) is 3.03. The zero-order chi connectivity index (χ0) is 13.0. The van der Waals surface area contributed by atoms with E-state index in [9.17, 15) is 4.79 Å². The Balaban J connectivity index is 2.04. The molecule has 1 N–H and O–H groups in total. The van der Waals surface area contributed by atoms with Crippen molar-refractivity contribution in [3.8, 4) is 0 Å². The van der Waals surface area contributed by atoms with Gasteiger partial charge in [-0.05, 0) is 25.0 Å². The Hall–Kier alpha value is -1.84. The van der Waals surface area contributed by atoms with Crippen molar-refractivity contribution in [2.24, 2.45) is 0 Å². The van der Waals surface area contributed by atoms with Crippen molar-refractivity contribution in [2.45, 2.75) is 33.2 Å². The molecule has 0 radical (unpaired) electrons. The molecule has 1 aromatic carbocycles. The van der Waals surface area contributed by atoms with Crippen molar-refractivity contribution in [1.29, 1.82) is 0 Å². The van der Waals surface area contributed by atoms with Crippen LogP contribution < -0.4 is 5.32 Å². The molecule has 0 unspecified atom stereocenters. The lowest BCUT2D eigenvalue weighted by molar-refractivity contribution is -0.121. The Morgan fingerprint density at radius 3 is 3.06 bits per heavy atom. The van der Waals surface area contributed by atoms with Gasteiger partial charge < -0.3 is 5.32 Å². The van der Waals surface area contributed by atoms with E-state index in [4.69, 9.17) is 0 Å². The average molecular weight is 245 g/mol. The summed E-state index contributed by atoms with van der Waals surface area (Å²) in [4.78, 5) is 11.5. The van der Waals surface area contributed by atoms with Crippen LogP contribution in [0.15, 0.2) is 24.4 Å². The van der Waals surface area contributed by atoms with Crippen LogP contribution in [0.2, 0.25) is 0 Å². The van der Waals surface area contributed by atoms with E-state index in [1.807, 2.05) is 29.9 Å². The first kappa shape index (κ1) is 12.6. The normalized spacial score (nSPS) is 10.8. The second-order valence-electron chi connectivity index (χ2n) is 4.48. The Morgan fingerprint density at radius 1 is 1.44 bits per heavy atom. The molecule has 0 aliphatic heterocycles. The average Bonchev–Trinajstić information content (AvgIpc) is 2.78. The number of benzene rings is 1. The maximum atomic E-state index is 11.5. The van der Waals surface area contributed by atoms with E-state index >= 15 is 0 Å². The third-order valence-electron chi connectivity index (χ3n) is 3.03. The first-order chi connectivity index (χ1) is 8.72. The van der Waals surface area contributed by atoms with Crippen LogP contribution in [-0.2, 0) is 11.3 Å². The summed E-state index contributed by atoms with van der Waals surface area (Å²) < 4.78 is 1.90. The molecule has 18 heavy (non-hydrogen) atoms. The van der Waals surface area contributed by atoms with Gasteiger partial charge in [-0.3, -0.25) is 9.48 Å². The number of amides is 1. The van der Waals surface area contributed by atoms with Crippen molar-refractivity contribution >= 4 is 16.8 Å². The Labute approximate surface area is 107 Å². The summed E-state index contributed by atoms with van der Waals surface area (Å²) in [6.45, 7) is 5.49. The highest BCUT2D eigenvalue weighted by Crippen LogP contribution is 2.17. The van der Waals surface area contributed by atoms with Gasteiger partial charge in [-0.25, -0.2) is 0 Å². The van der Waals surface area contributed by atoms with Crippen LogP contribution in [-0.4, -0.2) is 22.2 Å². The minimum Gasteiger partial charge on any atom is -0.356 e. The molecule has 1 amide bonds. The minimum absolute atomic E-state index is 0.0909. The number of aromatic nitrogens is 2. The Morgan fingerprint density at radius 2 is 2.28 bits per heavy atom. The van der Waals surface area contributed by atoms with Gasteiger partial charge in [0.15, 0.2) is 0 Å². The van der Waals surface area contributed by atoms with Crippen LogP contribution in [0.25, 0.3) is 10.9 Å². The predicted molar refractivity (Wildman–Crippen MR) is 72.4 cm³/mol. The van der Waals surface area contributed by atoms with Crippen LogP contribution in [0.1, 0.15) is 25.3 Å². The summed E-state index contributed by atoms with van der Waals surface area (Å²) in [5.74, 6) is 0.0909. The fourth-order valence-electron chi connectivity index (χ4n) is 1.99. The lowest BCUT2D eigenvalue weighted by atomic mass is 10.1. The van der Waals surface area contributed by atoms with Gasteiger partial charge in [0.2, 0.25) is 5.91 Å². The number of hydrogen-bond acceptors (Lipinski definition) is 2. The van der Waals surface area contributed by atoms with Gasteiger partial charge in [-0.2, -0.15) is 5.10 Å². The summed E-state index contributed by atoms with van der Waals surface area (Å²) in [6.07, 6.45) is 3.31. The molecular formula is C14H19N3O. The molecule has 0 spiro atoms. The van der Waals surface area contributed by atoms with E-state index in [2.05, 4.69) is 23.4 Å². The molecule has 2 rings (SSSR count). The topological polar surface area (TPSA) is 46.9 Å². The summed E-state index contributed by atoms with van der Waals surface area (Å²) >= 11 is 0. The smallest absolute Gasteiger partial charge is 0.221 e. The highest BCUT2D eigenvalue weighted by molar-refractivity contribution is 5.82. The quantitative estimate of drug-likeness (QED) is 0.878. The second-order valence-corrected chi connectivity index (χ2v) is 4.48. The molecule has 4 heteroatoms. The lowest BCUT2D eigenvalue weighted by Gasteiger charge is -2.05. The van der Waals surface area contributed by atoms with E-state index in [-0.39, 0.29) is 5.91 Å². The number of carbonyl (C=O) groups excluding carboxylic acids is 1. The molecule has 0 saturated heterocycles. The molecule has 96 valence electrons. The van der Waals surface area contributed by atoms with Crippen LogP contribution in [0.5, 0.6) is 0 Å². The van der Waals surface area contributed by atoms with Gasteiger partial charge in [0.25, 0.3) is 0 Å². The summed E-state index contributed by atoms with van der Waals surface area (Å²) in [5.41, 5.74) is 2.31. The Kier molecular flexibility index (Phi) is 3.97. The standard InChI is InChI=1S/C14H19N3O/c1-3-8-15-14(18)7-9-17-13-6-4-5-11(2)12(13)10-16-17/h4-6,10H,3,7-9H2,1-2H3,(H,15,18). The molecular weight excluding hydrogens is 226 g/mol. The molecule has 0 atom stereocenters. The molecule has 0 fully saturated rings. The van der Waals surface area contributed by atoms with Crippen molar-refractivity contribution in [1.82, 2.24) is 15.1 Å². The van der Waals surface area contributed by atoms with E-state index in [0.29, 0.717) is 13.0 Å². The van der Waals surface area contributed by atoms with Crippen molar-refractivity contribution < 1.29 is 4.79 Å². The van der Waals surface area contributed by atoms with Crippen LogP contribution in [0.4, 0.5) is 0 Å². The van der Waals surface area contributed by atoms with Gasteiger partial charge in [0.1, 0.15) is 0 Å². The highest BCUT2D eigenvalue weighted by Gasteiger charge is 2.06. The monoisotopic (exact) mass is 245 g/mol. The number of fused-ring (bicyclic) bond motifs is 1. The number of nitrogens with one attached hydrogen (secondary N) is 1. The molecule has 0 aliphatic rings. The molecule has 4 nitrogen and oxygen atoms in total. The zero-order valence-corrected chi connectivity index (χ0v) is 10.9. The molecule has 0 saturated carbocycles. The van der Waals surface area contributed by atoms with Crippen molar-refractivity contribution in [3.63, 3.8) is 0 Å². The number of rotatable bonds is 5. The van der Waals surface area contributed by atoms with Gasteiger partial charge in [-0.1, -0.05) is 19.1 Å². The zero-order valence-electron chi connectivity index (χ0n) is 10.9. The van der Waals surface area contributed by atoms with E-state index in [0.717, 1.165) is 23.9 Å². The van der Waals surface area contributed by atoms with Crippen molar-refractivity contribution in [3.05, 3.63) is 30.0 Å². The SMILES string of the molecule is CCCNC(=O)CCn1ncc2c(C)cccc21. The molecule has 0 aliphatic carbocycles. The number of hydrogen-bond donors (Lipinski definition) is 1. The Bertz CT molecular complexity index is 545. The molecule has 2 aromatic rings. The maximum absolute atomic E-state index is 11.5.